The Morgan fingerprint density at radius 2 is 1.63 bits per heavy atom. The first-order valence-corrected chi connectivity index (χ1v) is 7.81. The lowest BCUT2D eigenvalue weighted by molar-refractivity contribution is 0.193. The maximum atomic E-state index is 2.71. The molecule has 2 aliphatic rings. The smallest absolute Gasteiger partial charge is 0.0710 e. The molecule has 104 valence electrons. The summed E-state index contributed by atoms with van der Waals surface area (Å²) in [4.78, 5) is 5.30. The van der Waals surface area contributed by atoms with Gasteiger partial charge in [-0.1, -0.05) is 37.5 Å². The lowest BCUT2D eigenvalue weighted by atomic mass is 9.94. The van der Waals surface area contributed by atoms with Crippen LogP contribution in [0.2, 0.25) is 0 Å². The van der Waals surface area contributed by atoms with Gasteiger partial charge in [0.2, 0.25) is 0 Å². The van der Waals surface area contributed by atoms with Crippen molar-refractivity contribution in [3.05, 3.63) is 29.3 Å². The van der Waals surface area contributed by atoms with E-state index in [9.17, 15) is 0 Å². The zero-order chi connectivity index (χ0) is 13.2. The van der Waals surface area contributed by atoms with E-state index < -0.39 is 0 Å². The van der Waals surface area contributed by atoms with E-state index in [2.05, 4.69) is 41.8 Å². The molecule has 2 fully saturated rings. The number of hydrogen-bond acceptors (Lipinski definition) is 2. The van der Waals surface area contributed by atoms with Crippen LogP contribution in [0.15, 0.2) is 18.2 Å². The maximum absolute atomic E-state index is 2.71. The van der Waals surface area contributed by atoms with Gasteiger partial charge in [-0.15, -0.1) is 0 Å². The highest BCUT2D eigenvalue weighted by Gasteiger charge is 2.28. The molecule has 0 aromatic heterocycles. The van der Waals surface area contributed by atoms with Gasteiger partial charge >= 0.3 is 0 Å². The Morgan fingerprint density at radius 1 is 0.947 bits per heavy atom. The van der Waals surface area contributed by atoms with Crippen molar-refractivity contribution in [2.24, 2.45) is 0 Å². The molecule has 3 rings (SSSR count). The van der Waals surface area contributed by atoms with Crippen LogP contribution < -0.4 is 4.90 Å². The standard InChI is InChI=1S/C17H26N2/c1-14-7-6-8-15(2)17(14)19-12-11-18(13-19)16-9-4-3-5-10-16/h6-8,16H,3-5,9-13H2,1-2H3. The number of para-hydroxylation sites is 1. The summed E-state index contributed by atoms with van der Waals surface area (Å²) in [6, 6.07) is 7.50. The molecule has 0 spiro atoms. The van der Waals surface area contributed by atoms with Gasteiger partial charge in [-0.3, -0.25) is 4.90 Å². The minimum Gasteiger partial charge on any atom is -0.357 e. The molecule has 1 saturated carbocycles. The summed E-state index contributed by atoms with van der Waals surface area (Å²) in [5, 5.41) is 0. The zero-order valence-corrected chi connectivity index (χ0v) is 12.4. The summed E-state index contributed by atoms with van der Waals surface area (Å²) < 4.78 is 0. The highest BCUT2D eigenvalue weighted by Crippen LogP contribution is 2.30. The quantitative estimate of drug-likeness (QED) is 0.798. The molecule has 0 radical (unpaired) electrons. The predicted octanol–water partition coefficient (Wildman–Crippen LogP) is 3.72. The lowest BCUT2D eigenvalue weighted by Gasteiger charge is -2.31. The SMILES string of the molecule is Cc1cccc(C)c1N1CCN(C2CCCCC2)C1. The average molecular weight is 258 g/mol. The van der Waals surface area contributed by atoms with Crippen LogP contribution >= 0.6 is 0 Å². The first kappa shape index (κ1) is 13.0. The van der Waals surface area contributed by atoms with Gasteiger partial charge in [0.05, 0.1) is 6.67 Å². The zero-order valence-electron chi connectivity index (χ0n) is 12.4. The van der Waals surface area contributed by atoms with Crippen LogP contribution in [0.25, 0.3) is 0 Å². The van der Waals surface area contributed by atoms with Crippen LogP contribution in [0.3, 0.4) is 0 Å². The molecule has 19 heavy (non-hydrogen) atoms. The van der Waals surface area contributed by atoms with E-state index in [1.165, 1.54) is 62.0 Å². The second kappa shape index (κ2) is 5.54. The average Bonchev–Trinajstić information content (AvgIpc) is 2.89. The first-order valence-electron chi connectivity index (χ1n) is 7.81. The summed E-state index contributed by atoms with van der Waals surface area (Å²) in [6.07, 6.45) is 7.15. The fourth-order valence-corrected chi connectivity index (χ4v) is 3.84. The largest absolute Gasteiger partial charge is 0.357 e. The van der Waals surface area contributed by atoms with Crippen LogP contribution in [0.5, 0.6) is 0 Å². The van der Waals surface area contributed by atoms with E-state index in [0.29, 0.717) is 0 Å². The Labute approximate surface area is 117 Å². The fourth-order valence-electron chi connectivity index (χ4n) is 3.84. The predicted molar refractivity (Wildman–Crippen MR) is 81.7 cm³/mol. The topological polar surface area (TPSA) is 6.48 Å². The van der Waals surface area contributed by atoms with E-state index in [1.807, 2.05) is 0 Å². The van der Waals surface area contributed by atoms with Crippen molar-refractivity contribution >= 4 is 5.69 Å². The monoisotopic (exact) mass is 258 g/mol. The number of hydrogen-bond donors (Lipinski definition) is 0. The van der Waals surface area contributed by atoms with Gasteiger partial charge in [0, 0.05) is 24.8 Å². The van der Waals surface area contributed by atoms with Crippen LogP contribution in [-0.2, 0) is 0 Å². The van der Waals surface area contributed by atoms with Crippen molar-refractivity contribution in [3.63, 3.8) is 0 Å². The van der Waals surface area contributed by atoms with Crippen molar-refractivity contribution in [2.45, 2.75) is 52.0 Å². The third kappa shape index (κ3) is 2.64. The maximum Gasteiger partial charge on any atom is 0.0710 e. The Kier molecular flexibility index (Phi) is 3.79. The number of aryl methyl sites for hydroxylation is 2. The minimum atomic E-state index is 0.850. The van der Waals surface area contributed by atoms with Crippen molar-refractivity contribution in [1.29, 1.82) is 0 Å². The second-order valence-corrected chi connectivity index (χ2v) is 6.25. The number of rotatable bonds is 2. The summed E-state index contributed by atoms with van der Waals surface area (Å²) in [7, 11) is 0. The van der Waals surface area contributed by atoms with Crippen molar-refractivity contribution in [3.8, 4) is 0 Å². The molecular weight excluding hydrogens is 232 g/mol. The summed E-state index contributed by atoms with van der Waals surface area (Å²) in [5.74, 6) is 0. The third-order valence-corrected chi connectivity index (χ3v) is 4.86. The number of anilines is 1. The highest BCUT2D eigenvalue weighted by atomic mass is 15.4. The molecule has 0 bridgehead atoms. The Balaban J connectivity index is 1.71. The third-order valence-electron chi connectivity index (χ3n) is 4.86. The molecule has 0 unspecified atom stereocenters. The van der Waals surface area contributed by atoms with Gasteiger partial charge in [0.1, 0.15) is 0 Å². The van der Waals surface area contributed by atoms with Gasteiger partial charge in [-0.25, -0.2) is 0 Å². The van der Waals surface area contributed by atoms with Crippen molar-refractivity contribution in [2.75, 3.05) is 24.7 Å². The van der Waals surface area contributed by atoms with Crippen molar-refractivity contribution in [1.82, 2.24) is 4.90 Å². The Bertz CT molecular complexity index is 415. The van der Waals surface area contributed by atoms with Crippen LogP contribution in [0.4, 0.5) is 5.69 Å². The van der Waals surface area contributed by atoms with E-state index in [4.69, 9.17) is 0 Å². The second-order valence-electron chi connectivity index (χ2n) is 6.25. The molecular formula is C17H26N2. The lowest BCUT2D eigenvalue weighted by Crippen LogP contribution is -2.36. The van der Waals surface area contributed by atoms with Crippen LogP contribution in [0, 0.1) is 13.8 Å². The van der Waals surface area contributed by atoms with Gasteiger partial charge in [0.15, 0.2) is 0 Å². The number of nitrogens with zero attached hydrogens (tertiary/aromatic N) is 2. The minimum absolute atomic E-state index is 0.850. The normalized spacial score (nSPS) is 22.1. The van der Waals surface area contributed by atoms with Gasteiger partial charge < -0.3 is 4.90 Å². The summed E-state index contributed by atoms with van der Waals surface area (Å²) in [6.45, 7) is 8.06. The molecule has 1 aromatic rings. The highest BCUT2D eigenvalue weighted by molar-refractivity contribution is 5.59. The molecule has 0 atom stereocenters. The van der Waals surface area contributed by atoms with E-state index in [1.54, 1.807) is 0 Å². The molecule has 1 aliphatic carbocycles. The van der Waals surface area contributed by atoms with Gasteiger partial charge in [-0.05, 0) is 37.8 Å². The summed E-state index contributed by atoms with van der Waals surface area (Å²) >= 11 is 0. The Morgan fingerprint density at radius 3 is 2.32 bits per heavy atom. The molecule has 0 amide bonds. The van der Waals surface area contributed by atoms with Crippen molar-refractivity contribution < 1.29 is 0 Å². The molecule has 2 nitrogen and oxygen atoms in total. The molecule has 1 aliphatic heterocycles. The molecule has 1 heterocycles. The molecule has 0 N–H and O–H groups in total. The van der Waals surface area contributed by atoms with E-state index in [0.717, 1.165) is 12.7 Å². The van der Waals surface area contributed by atoms with Gasteiger partial charge in [-0.2, -0.15) is 0 Å². The van der Waals surface area contributed by atoms with Gasteiger partial charge in [0.25, 0.3) is 0 Å². The Hall–Kier alpha value is -1.02. The molecule has 1 saturated heterocycles. The van der Waals surface area contributed by atoms with Crippen LogP contribution in [0.1, 0.15) is 43.2 Å². The number of benzene rings is 1. The molecule has 2 heteroatoms. The fraction of sp³-hybridized carbons (Fsp3) is 0.647. The summed E-state index contributed by atoms with van der Waals surface area (Å²) in [5.41, 5.74) is 4.32. The molecule has 1 aromatic carbocycles. The first-order chi connectivity index (χ1) is 9.25. The van der Waals surface area contributed by atoms with E-state index in [-0.39, 0.29) is 0 Å². The van der Waals surface area contributed by atoms with E-state index >= 15 is 0 Å². The van der Waals surface area contributed by atoms with Crippen LogP contribution in [-0.4, -0.2) is 30.7 Å².